The van der Waals surface area contributed by atoms with Crippen LogP contribution in [0.3, 0.4) is 0 Å². The van der Waals surface area contributed by atoms with Crippen LogP contribution in [0, 0.1) is 17.0 Å². The van der Waals surface area contributed by atoms with Gasteiger partial charge >= 0.3 is 5.69 Å². The highest BCUT2D eigenvalue weighted by Crippen LogP contribution is 2.25. The summed E-state index contributed by atoms with van der Waals surface area (Å²) in [6.07, 6.45) is 1.44. The predicted octanol–water partition coefficient (Wildman–Crippen LogP) is 1.95. The van der Waals surface area contributed by atoms with E-state index in [0.29, 0.717) is 5.69 Å². The van der Waals surface area contributed by atoms with Crippen LogP contribution >= 0.6 is 11.6 Å². The summed E-state index contributed by atoms with van der Waals surface area (Å²) in [5.74, 6) is 0. The minimum Gasteiger partial charge on any atom is -0.258 e. The molecular formula is C6H5ClN2O2. The fourth-order valence-corrected chi connectivity index (χ4v) is 1.01. The summed E-state index contributed by atoms with van der Waals surface area (Å²) in [6.45, 7) is 1.55. The molecule has 0 aliphatic rings. The first-order valence-electron chi connectivity index (χ1n) is 2.88. The van der Waals surface area contributed by atoms with Crippen molar-refractivity contribution in [2.75, 3.05) is 0 Å². The van der Waals surface area contributed by atoms with E-state index in [4.69, 9.17) is 11.6 Å². The van der Waals surface area contributed by atoms with Crippen molar-refractivity contribution in [2.45, 2.75) is 6.92 Å². The van der Waals surface area contributed by atoms with E-state index in [1.807, 2.05) is 0 Å². The summed E-state index contributed by atoms with van der Waals surface area (Å²) < 4.78 is 0. The van der Waals surface area contributed by atoms with E-state index in [9.17, 15) is 10.1 Å². The molecule has 0 N–H and O–H groups in total. The van der Waals surface area contributed by atoms with Crippen LogP contribution in [0.4, 0.5) is 5.69 Å². The molecule has 0 fully saturated rings. The summed E-state index contributed by atoms with van der Waals surface area (Å²) in [5, 5.41) is 10.5. The van der Waals surface area contributed by atoms with Gasteiger partial charge < -0.3 is 0 Å². The largest absolute Gasteiger partial charge is 0.308 e. The number of pyridine rings is 1. The summed E-state index contributed by atoms with van der Waals surface area (Å²) in [7, 11) is 0. The van der Waals surface area contributed by atoms with Gasteiger partial charge in [-0.05, 0) is 13.0 Å². The van der Waals surface area contributed by atoms with Gasteiger partial charge in [0.05, 0.1) is 4.92 Å². The van der Waals surface area contributed by atoms with Gasteiger partial charge in [0, 0.05) is 6.20 Å². The van der Waals surface area contributed by atoms with E-state index in [-0.39, 0.29) is 10.7 Å². The fourth-order valence-electron chi connectivity index (χ4n) is 0.747. The number of nitro groups is 1. The van der Waals surface area contributed by atoms with Gasteiger partial charge in [0.2, 0.25) is 0 Å². The molecule has 0 aliphatic heterocycles. The van der Waals surface area contributed by atoms with Crippen molar-refractivity contribution in [1.29, 1.82) is 0 Å². The first kappa shape index (κ1) is 7.94. The summed E-state index contributed by atoms with van der Waals surface area (Å²) >= 11 is 5.54. The molecule has 0 saturated carbocycles. The third-order valence-corrected chi connectivity index (χ3v) is 1.55. The van der Waals surface area contributed by atoms with Gasteiger partial charge in [-0.1, -0.05) is 11.6 Å². The van der Waals surface area contributed by atoms with Crippen molar-refractivity contribution in [2.24, 2.45) is 0 Å². The van der Waals surface area contributed by atoms with Crippen LogP contribution in [-0.2, 0) is 0 Å². The predicted molar refractivity (Wildman–Crippen MR) is 40.6 cm³/mol. The molecule has 1 heterocycles. The highest BCUT2D eigenvalue weighted by molar-refractivity contribution is 6.32. The Labute approximate surface area is 68.0 Å². The van der Waals surface area contributed by atoms with Crippen molar-refractivity contribution >= 4 is 17.3 Å². The maximum absolute atomic E-state index is 10.3. The molecule has 0 spiro atoms. The van der Waals surface area contributed by atoms with Crippen LogP contribution in [0.2, 0.25) is 5.02 Å². The molecule has 0 aliphatic carbocycles. The number of hydrogen-bond donors (Lipinski definition) is 0. The molecular weight excluding hydrogens is 168 g/mol. The van der Waals surface area contributed by atoms with Gasteiger partial charge in [0.1, 0.15) is 10.7 Å². The van der Waals surface area contributed by atoms with E-state index < -0.39 is 4.92 Å². The molecule has 0 saturated heterocycles. The zero-order chi connectivity index (χ0) is 8.43. The quantitative estimate of drug-likeness (QED) is 0.481. The van der Waals surface area contributed by atoms with Gasteiger partial charge in [0.15, 0.2) is 0 Å². The molecule has 58 valence electrons. The summed E-state index contributed by atoms with van der Waals surface area (Å²) in [5.41, 5.74) is 0.219. The van der Waals surface area contributed by atoms with Gasteiger partial charge in [-0.25, -0.2) is 0 Å². The lowest BCUT2D eigenvalue weighted by Crippen LogP contribution is -1.94. The fraction of sp³-hybridized carbons (Fsp3) is 0.167. The highest BCUT2D eigenvalue weighted by Gasteiger charge is 2.15. The Morgan fingerprint density at radius 3 is 2.73 bits per heavy atom. The molecule has 0 unspecified atom stereocenters. The van der Waals surface area contributed by atoms with E-state index in [2.05, 4.69) is 4.98 Å². The Balaban J connectivity index is 3.32. The SMILES string of the molecule is Cc1nccc(Cl)c1[N+](=O)[O-]. The Bertz CT molecular complexity index is 280. The lowest BCUT2D eigenvalue weighted by atomic mass is 10.3. The molecule has 0 radical (unpaired) electrons. The Hall–Kier alpha value is -1.16. The number of halogens is 1. The molecule has 0 amide bonds. The Morgan fingerprint density at radius 1 is 1.73 bits per heavy atom. The van der Waals surface area contributed by atoms with E-state index in [0.717, 1.165) is 0 Å². The van der Waals surface area contributed by atoms with Crippen molar-refractivity contribution in [1.82, 2.24) is 4.98 Å². The average molecular weight is 173 g/mol. The zero-order valence-electron chi connectivity index (χ0n) is 5.74. The molecule has 5 heteroatoms. The van der Waals surface area contributed by atoms with Crippen LogP contribution in [0.25, 0.3) is 0 Å². The van der Waals surface area contributed by atoms with Gasteiger partial charge in [0.25, 0.3) is 0 Å². The minimum atomic E-state index is -0.537. The maximum Gasteiger partial charge on any atom is 0.308 e. The molecule has 11 heavy (non-hydrogen) atoms. The van der Waals surface area contributed by atoms with E-state index in [1.54, 1.807) is 6.92 Å². The van der Waals surface area contributed by atoms with Crippen LogP contribution in [-0.4, -0.2) is 9.91 Å². The lowest BCUT2D eigenvalue weighted by molar-refractivity contribution is -0.385. The third-order valence-electron chi connectivity index (χ3n) is 1.24. The van der Waals surface area contributed by atoms with E-state index >= 15 is 0 Å². The maximum atomic E-state index is 10.3. The van der Waals surface area contributed by atoms with Gasteiger partial charge in [-0.3, -0.25) is 15.1 Å². The second-order valence-electron chi connectivity index (χ2n) is 1.98. The normalized spacial score (nSPS) is 9.64. The smallest absolute Gasteiger partial charge is 0.258 e. The third kappa shape index (κ3) is 1.46. The molecule has 1 aromatic rings. The van der Waals surface area contributed by atoms with E-state index in [1.165, 1.54) is 12.3 Å². The van der Waals surface area contributed by atoms with Crippen LogP contribution in [0.1, 0.15) is 5.69 Å². The summed E-state index contributed by atoms with van der Waals surface area (Å²) in [6, 6.07) is 1.40. The van der Waals surface area contributed by atoms with Crippen molar-refractivity contribution < 1.29 is 4.92 Å². The van der Waals surface area contributed by atoms with Crippen molar-refractivity contribution in [3.05, 3.63) is 33.1 Å². The van der Waals surface area contributed by atoms with Crippen molar-refractivity contribution in [3.63, 3.8) is 0 Å². The van der Waals surface area contributed by atoms with Gasteiger partial charge in [-0.2, -0.15) is 0 Å². The zero-order valence-corrected chi connectivity index (χ0v) is 6.50. The number of aryl methyl sites for hydroxylation is 1. The number of hydrogen-bond acceptors (Lipinski definition) is 3. The molecule has 0 aromatic carbocycles. The molecule has 0 atom stereocenters. The first-order valence-corrected chi connectivity index (χ1v) is 3.26. The highest BCUT2D eigenvalue weighted by atomic mass is 35.5. The van der Waals surface area contributed by atoms with Gasteiger partial charge in [-0.15, -0.1) is 0 Å². The van der Waals surface area contributed by atoms with Crippen LogP contribution < -0.4 is 0 Å². The van der Waals surface area contributed by atoms with Crippen LogP contribution in [0.5, 0.6) is 0 Å². The van der Waals surface area contributed by atoms with Crippen LogP contribution in [0.15, 0.2) is 12.3 Å². The molecule has 1 rings (SSSR count). The number of aromatic nitrogens is 1. The molecule has 4 nitrogen and oxygen atoms in total. The number of nitrogens with zero attached hydrogens (tertiary/aromatic N) is 2. The second kappa shape index (κ2) is 2.84. The monoisotopic (exact) mass is 172 g/mol. The molecule has 1 aromatic heterocycles. The van der Waals surface area contributed by atoms with Crippen molar-refractivity contribution in [3.8, 4) is 0 Å². The Morgan fingerprint density at radius 2 is 2.36 bits per heavy atom. The topological polar surface area (TPSA) is 56.0 Å². The standard InChI is InChI=1S/C6H5ClN2O2/c1-4-6(9(10)11)5(7)2-3-8-4/h2-3H,1H3. The first-order chi connectivity index (χ1) is 5.13. The molecule has 0 bridgehead atoms. The number of rotatable bonds is 1. The second-order valence-corrected chi connectivity index (χ2v) is 2.39. The Kier molecular flexibility index (Phi) is 2.05. The lowest BCUT2D eigenvalue weighted by Gasteiger charge is -1.95. The minimum absolute atomic E-state index is 0.117. The summed E-state index contributed by atoms with van der Waals surface area (Å²) in [4.78, 5) is 13.5. The average Bonchev–Trinajstić information content (AvgIpc) is 1.85.